The summed E-state index contributed by atoms with van der Waals surface area (Å²) in [5.41, 5.74) is 0.760. The number of carbonyl (C=O) groups is 1. The third kappa shape index (κ3) is 3.09. The quantitative estimate of drug-likeness (QED) is 0.931. The van der Waals surface area contributed by atoms with Crippen LogP contribution < -0.4 is 4.74 Å². The fourth-order valence-electron chi connectivity index (χ4n) is 3.52. The first kappa shape index (κ1) is 15.3. The van der Waals surface area contributed by atoms with Crippen molar-refractivity contribution in [3.63, 3.8) is 0 Å². The van der Waals surface area contributed by atoms with Crippen molar-refractivity contribution in [2.75, 3.05) is 13.2 Å². The molecule has 1 aromatic carbocycles. The Morgan fingerprint density at radius 2 is 2.36 bits per heavy atom. The number of halogens is 1. The van der Waals surface area contributed by atoms with Gasteiger partial charge in [-0.15, -0.1) is 0 Å². The first-order chi connectivity index (χ1) is 10.5. The summed E-state index contributed by atoms with van der Waals surface area (Å²) in [6, 6.07) is 4.56. The van der Waals surface area contributed by atoms with E-state index in [2.05, 4.69) is 0 Å². The van der Waals surface area contributed by atoms with Gasteiger partial charge in [0.25, 0.3) is 0 Å². The molecule has 0 saturated carbocycles. The van der Waals surface area contributed by atoms with E-state index in [-0.39, 0.29) is 23.7 Å². The Kier molecular flexibility index (Phi) is 4.34. The van der Waals surface area contributed by atoms with Crippen LogP contribution in [0.3, 0.4) is 0 Å². The number of rotatable bonds is 3. The largest absolute Gasteiger partial charge is 0.492 e. The Morgan fingerprint density at radius 3 is 3.14 bits per heavy atom. The molecule has 0 spiro atoms. The number of hydrogen-bond acceptors (Lipinski definition) is 3. The number of ether oxygens (including phenoxy) is 1. The highest BCUT2D eigenvalue weighted by molar-refractivity contribution is 5.80. The van der Waals surface area contributed by atoms with E-state index < -0.39 is 6.10 Å². The summed E-state index contributed by atoms with van der Waals surface area (Å²) in [6.07, 6.45) is 2.64. The summed E-state index contributed by atoms with van der Waals surface area (Å²) >= 11 is 0. The van der Waals surface area contributed by atoms with Crippen molar-refractivity contribution in [3.05, 3.63) is 29.6 Å². The molecule has 1 N–H and O–H groups in total. The maximum absolute atomic E-state index is 13.4. The molecule has 120 valence electrons. The molecule has 2 aliphatic rings. The number of fused-ring (bicyclic) bond motifs is 1. The minimum absolute atomic E-state index is 0.0676. The molecule has 3 unspecified atom stereocenters. The lowest BCUT2D eigenvalue weighted by atomic mass is 9.94. The Balaban J connectivity index is 1.70. The van der Waals surface area contributed by atoms with E-state index in [1.54, 1.807) is 13.0 Å². The lowest BCUT2D eigenvalue weighted by Crippen LogP contribution is -2.44. The maximum atomic E-state index is 13.4. The van der Waals surface area contributed by atoms with Crippen LogP contribution in [0.1, 0.15) is 31.7 Å². The van der Waals surface area contributed by atoms with E-state index >= 15 is 0 Å². The molecule has 4 nitrogen and oxygen atoms in total. The Bertz CT molecular complexity index is 561. The smallest absolute Gasteiger partial charge is 0.229 e. The van der Waals surface area contributed by atoms with E-state index in [1.165, 1.54) is 12.1 Å². The summed E-state index contributed by atoms with van der Waals surface area (Å²) in [4.78, 5) is 14.6. The molecule has 2 aliphatic heterocycles. The van der Waals surface area contributed by atoms with Gasteiger partial charge in [0.2, 0.25) is 5.91 Å². The molecule has 1 aromatic rings. The number of aliphatic hydroxyl groups is 1. The highest BCUT2D eigenvalue weighted by Gasteiger charge is 2.35. The second kappa shape index (κ2) is 6.24. The summed E-state index contributed by atoms with van der Waals surface area (Å²) in [5.74, 6) is 0.179. The van der Waals surface area contributed by atoms with Gasteiger partial charge >= 0.3 is 0 Å². The Labute approximate surface area is 129 Å². The average molecular weight is 307 g/mol. The van der Waals surface area contributed by atoms with Crippen LogP contribution in [-0.4, -0.2) is 41.2 Å². The first-order valence-electron chi connectivity index (χ1n) is 7.94. The van der Waals surface area contributed by atoms with E-state index in [0.29, 0.717) is 25.2 Å². The van der Waals surface area contributed by atoms with Gasteiger partial charge in [0, 0.05) is 12.6 Å². The predicted octanol–water partition coefficient (Wildman–Crippen LogP) is 2.14. The third-order valence-electron chi connectivity index (χ3n) is 4.55. The van der Waals surface area contributed by atoms with Gasteiger partial charge in [-0.1, -0.05) is 0 Å². The second-order valence-corrected chi connectivity index (χ2v) is 6.38. The van der Waals surface area contributed by atoms with Gasteiger partial charge < -0.3 is 14.7 Å². The SMILES string of the molecule is CC(O)CC1CCCN1C(=O)C1COc2ccc(F)cc2C1. The monoisotopic (exact) mass is 307 g/mol. The topological polar surface area (TPSA) is 49.8 Å². The predicted molar refractivity (Wildman–Crippen MR) is 80.1 cm³/mol. The van der Waals surface area contributed by atoms with Crippen molar-refractivity contribution in [1.82, 2.24) is 4.90 Å². The van der Waals surface area contributed by atoms with E-state index in [1.807, 2.05) is 4.90 Å². The number of hydrogen-bond donors (Lipinski definition) is 1. The fourth-order valence-corrected chi connectivity index (χ4v) is 3.52. The minimum Gasteiger partial charge on any atom is -0.492 e. The Morgan fingerprint density at radius 1 is 1.55 bits per heavy atom. The number of nitrogens with zero attached hydrogens (tertiary/aromatic N) is 1. The molecule has 1 saturated heterocycles. The van der Waals surface area contributed by atoms with Crippen LogP contribution in [-0.2, 0) is 11.2 Å². The highest BCUT2D eigenvalue weighted by Crippen LogP contribution is 2.31. The van der Waals surface area contributed by atoms with Gasteiger partial charge in [-0.25, -0.2) is 4.39 Å². The molecule has 0 aliphatic carbocycles. The van der Waals surface area contributed by atoms with Gasteiger partial charge in [-0.2, -0.15) is 0 Å². The Hall–Kier alpha value is -1.62. The van der Waals surface area contributed by atoms with Crippen LogP contribution in [0, 0.1) is 11.7 Å². The summed E-state index contributed by atoms with van der Waals surface area (Å²) in [7, 11) is 0. The molecule has 1 fully saturated rings. The lowest BCUT2D eigenvalue weighted by Gasteiger charge is -2.32. The van der Waals surface area contributed by atoms with Crippen molar-refractivity contribution in [1.29, 1.82) is 0 Å². The fraction of sp³-hybridized carbons (Fsp3) is 0.588. The second-order valence-electron chi connectivity index (χ2n) is 6.38. The van der Waals surface area contributed by atoms with Crippen LogP contribution in [0.2, 0.25) is 0 Å². The number of likely N-dealkylation sites (tertiary alicyclic amines) is 1. The van der Waals surface area contributed by atoms with Crippen LogP contribution >= 0.6 is 0 Å². The zero-order valence-corrected chi connectivity index (χ0v) is 12.8. The number of carbonyl (C=O) groups excluding carboxylic acids is 1. The zero-order chi connectivity index (χ0) is 15.7. The van der Waals surface area contributed by atoms with Crippen molar-refractivity contribution < 1.29 is 19.0 Å². The third-order valence-corrected chi connectivity index (χ3v) is 4.55. The van der Waals surface area contributed by atoms with Gasteiger partial charge in [0.15, 0.2) is 0 Å². The minimum atomic E-state index is -0.407. The molecule has 3 rings (SSSR count). The van der Waals surface area contributed by atoms with Crippen molar-refractivity contribution in [2.24, 2.45) is 5.92 Å². The van der Waals surface area contributed by atoms with Gasteiger partial charge in [-0.3, -0.25) is 4.79 Å². The van der Waals surface area contributed by atoms with Crippen LogP contribution in [0.5, 0.6) is 5.75 Å². The molecular weight excluding hydrogens is 285 g/mol. The van der Waals surface area contributed by atoms with Crippen molar-refractivity contribution in [3.8, 4) is 5.75 Å². The zero-order valence-electron chi connectivity index (χ0n) is 12.8. The molecular formula is C17H22FNO3. The molecule has 2 heterocycles. The number of amides is 1. The normalized spacial score (nSPS) is 25.5. The first-order valence-corrected chi connectivity index (χ1v) is 7.94. The van der Waals surface area contributed by atoms with Gasteiger partial charge in [0.05, 0.1) is 12.0 Å². The highest BCUT2D eigenvalue weighted by atomic mass is 19.1. The molecule has 3 atom stereocenters. The van der Waals surface area contributed by atoms with Crippen molar-refractivity contribution in [2.45, 2.75) is 44.8 Å². The molecule has 0 radical (unpaired) electrons. The summed E-state index contributed by atoms with van der Waals surface area (Å²) in [5, 5.41) is 9.58. The molecule has 1 amide bonds. The number of benzene rings is 1. The summed E-state index contributed by atoms with van der Waals surface area (Å²) in [6.45, 7) is 2.84. The maximum Gasteiger partial charge on any atom is 0.229 e. The van der Waals surface area contributed by atoms with E-state index in [4.69, 9.17) is 4.74 Å². The van der Waals surface area contributed by atoms with Gasteiger partial charge in [-0.05, 0) is 56.4 Å². The van der Waals surface area contributed by atoms with Crippen molar-refractivity contribution >= 4 is 5.91 Å². The van der Waals surface area contributed by atoms with Gasteiger partial charge in [0.1, 0.15) is 18.2 Å². The summed E-state index contributed by atoms with van der Waals surface area (Å²) < 4.78 is 19.0. The molecule has 5 heteroatoms. The van der Waals surface area contributed by atoms with Crippen LogP contribution in [0.25, 0.3) is 0 Å². The molecule has 22 heavy (non-hydrogen) atoms. The average Bonchev–Trinajstić information content (AvgIpc) is 2.93. The number of aliphatic hydroxyl groups excluding tert-OH is 1. The molecule has 0 bridgehead atoms. The van der Waals surface area contributed by atoms with E-state index in [0.717, 1.165) is 24.9 Å². The van der Waals surface area contributed by atoms with Crippen LogP contribution in [0.4, 0.5) is 4.39 Å². The molecule has 0 aromatic heterocycles. The lowest BCUT2D eigenvalue weighted by molar-refractivity contribution is -0.138. The van der Waals surface area contributed by atoms with E-state index in [9.17, 15) is 14.3 Å². The van der Waals surface area contributed by atoms with Crippen LogP contribution in [0.15, 0.2) is 18.2 Å². The standard InChI is InChI=1S/C17H22FNO3/c1-11(20)7-15-3-2-6-19(15)17(21)13-8-12-9-14(18)4-5-16(12)22-10-13/h4-5,9,11,13,15,20H,2-3,6-8,10H2,1H3.